The minimum absolute atomic E-state index is 0.0592. The van der Waals surface area contributed by atoms with Gasteiger partial charge in [-0.3, -0.25) is 9.48 Å². The van der Waals surface area contributed by atoms with Gasteiger partial charge in [0.25, 0.3) is 5.91 Å². The summed E-state index contributed by atoms with van der Waals surface area (Å²) in [5.41, 5.74) is 2.35. The molecule has 1 fully saturated rings. The molecule has 1 saturated heterocycles. The minimum Gasteiger partial charge on any atom is -0.478 e. The van der Waals surface area contributed by atoms with Crippen LogP contribution in [0.2, 0.25) is 0 Å². The summed E-state index contributed by atoms with van der Waals surface area (Å²) < 4.78 is 32.5. The lowest BCUT2D eigenvalue weighted by Crippen LogP contribution is -2.41. The number of aromatic nitrogens is 2. The molecule has 0 saturated carbocycles. The number of nitrogens with one attached hydrogen (secondary N) is 1. The van der Waals surface area contributed by atoms with E-state index in [1.165, 1.54) is 18.2 Å². The third kappa shape index (κ3) is 5.60. The van der Waals surface area contributed by atoms with Gasteiger partial charge in [-0.15, -0.1) is 0 Å². The van der Waals surface area contributed by atoms with Gasteiger partial charge in [0.2, 0.25) is 0 Å². The molecule has 0 aliphatic carbocycles. The van der Waals surface area contributed by atoms with E-state index in [-0.39, 0.29) is 27.5 Å². The van der Waals surface area contributed by atoms with Gasteiger partial charge < -0.3 is 15.2 Å². The molecule has 1 amide bonds. The first kappa shape index (κ1) is 27.3. The fraction of sp³-hybridized carbons (Fsp3) is 0.593. The highest BCUT2D eigenvalue weighted by Gasteiger charge is 2.40. The van der Waals surface area contributed by atoms with E-state index in [4.69, 9.17) is 9.84 Å². The Morgan fingerprint density at radius 3 is 2.57 bits per heavy atom. The molecule has 2 aliphatic rings. The average Bonchev–Trinajstić information content (AvgIpc) is 3.11. The molecule has 0 radical (unpaired) electrons. The normalized spacial score (nSPS) is 17.8. The Bertz CT molecular complexity index is 1310. The van der Waals surface area contributed by atoms with Gasteiger partial charge in [0.1, 0.15) is 0 Å². The van der Waals surface area contributed by atoms with Crippen LogP contribution in [0.15, 0.2) is 23.1 Å². The number of carboxylic acid groups (broad SMARTS) is 1. The highest BCUT2D eigenvalue weighted by Crippen LogP contribution is 2.38. The van der Waals surface area contributed by atoms with Crippen LogP contribution in [0.25, 0.3) is 0 Å². The number of hydrogen-bond acceptors (Lipinski definition) is 6. The fourth-order valence-corrected chi connectivity index (χ4v) is 6.50. The number of hydrogen-bond donors (Lipinski definition) is 2. The van der Waals surface area contributed by atoms with E-state index >= 15 is 0 Å². The standard InChI is InChI=1S/C27H37N3O6S/c1-5-21-23-22(15-27(16-28-24(23)31)9-11-36-12-10-27)30(29-21)17-26(3,4)14-18-13-19(37(34,35)6-2)7-8-20(18)25(32)33/h7-8,13H,5-6,9-12,14-17H2,1-4H3,(H,28,31)(H,32,33). The van der Waals surface area contributed by atoms with Gasteiger partial charge in [0, 0.05) is 26.3 Å². The molecule has 37 heavy (non-hydrogen) atoms. The number of carbonyl (C=O) groups excluding carboxylic acids is 1. The predicted molar refractivity (Wildman–Crippen MR) is 139 cm³/mol. The van der Waals surface area contributed by atoms with Crippen LogP contribution in [-0.4, -0.2) is 60.7 Å². The Hall–Kier alpha value is -2.72. The number of aryl methyl sites for hydroxylation is 1. The second-order valence-electron chi connectivity index (χ2n) is 11.1. The van der Waals surface area contributed by atoms with Crippen molar-refractivity contribution in [2.24, 2.45) is 10.8 Å². The van der Waals surface area contributed by atoms with Crippen LogP contribution in [-0.2, 0) is 40.4 Å². The minimum atomic E-state index is -3.48. The van der Waals surface area contributed by atoms with E-state index in [0.717, 1.165) is 30.7 Å². The number of ether oxygens (including phenoxy) is 1. The molecule has 2 aromatic rings. The van der Waals surface area contributed by atoms with Gasteiger partial charge in [0.05, 0.1) is 33.2 Å². The molecular weight excluding hydrogens is 494 g/mol. The SMILES string of the molecule is CCc1nn(CC(C)(C)Cc2cc(S(=O)(=O)CC)ccc2C(=O)O)c2c1C(=O)NCC1(CCOCC1)C2. The lowest BCUT2D eigenvalue weighted by molar-refractivity contribution is 0.0150. The second-order valence-corrected chi connectivity index (χ2v) is 13.4. The third-order valence-corrected chi connectivity index (χ3v) is 9.44. The summed E-state index contributed by atoms with van der Waals surface area (Å²) in [4.78, 5) is 25.2. The molecule has 2 N–H and O–H groups in total. The molecule has 202 valence electrons. The fourth-order valence-electron chi connectivity index (χ4n) is 5.57. The lowest BCUT2D eigenvalue weighted by Gasteiger charge is -2.36. The topological polar surface area (TPSA) is 128 Å². The quantitative estimate of drug-likeness (QED) is 0.535. The van der Waals surface area contributed by atoms with Crippen LogP contribution in [0.1, 0.15) is 78.2 Å². The number of amides is 1. The molecule has 1 aromatic carbocycles. The van der Waals surface area contributed by atoms with Crippen LogP contribution in [0.4, 0.5) is 0 Å². The average molecular weight is 532 g/mol. The summed E-state index contributed by atoms with van der Waals surface area (Å²) in [5, 5.41) is 17.8. The Balaban J connectivity index is 1.71. The van der Waals surface area contributed by atoms with Gasteiger partial charge in [0.15, 0.2) is 9.84 Å². The summed E-state index contributed by atoms with van der Waals surface area (Å²) >= 11 is 0. The number of rotatable bonds is 8. The van der Waals surface area contributed by atoms with Crippen molar-refractivity contribution < 1.29 is 27.9 Å². The molecule has 3 heterocycles. The van der Waals surface area contributed by atoms with Gasteiger partial charge in [-0.1, -0.05) is 27.7 Å². The highest BCUT2D eigenvalue weighted by atomic mass is 32.2. The van der Waals surface area contributed by atoms with Crippen LogP contribution in [0, 0.1) is 10.8 Å². The Labute approximate surface area is 218 Å². The lowest BCUT2D eigenvalue weighted by atomic mass is 9.76. The first-order chi connectivity index (χ1) is 17.4. The van der Waals surface area contributed by atoms with Gasteiger partial charge in [-0.05, 0) is 66.7 Å². The number of fused-ring (bicyclic) bond motifs is 1. The number of carbonyl (C=O) groups is 2. The third-order valence-electron chi connectivity index (χ3n) is 7.71. The Kier molecular flexibility index (Phi) is 7.54. The zero-order valence-corrected chi connectivity index (χ0v) is 22.9. The van der Waals surface area contributed by atoms with E-state index < -0.39 is 21.2 Å². The molecule has 10 heteroatoms. The monoisotopic (exact) mass is 531 g/mol. The van der Waals surface area contributed by atoms with Crippen molar-refractivity contribution in [1.29, 1.82) is 0 Å². The van der Waals surface area contributed by atoms with Crippen LogP contribution < -0.4 is 5.32 Å². The molecule has 4 rings (SSSR count). The zero-order valence-electron chi connectivity index (χ0n) is 22.1. The molecule has 1 aromatic heterocycles. The maximum atomic E-state index is 13.1. The van der Waals surface area contributed by atoms with E-state index in [1.54, 1.807) is 6.92 Å². The van der Waals surface area contributed by atoms with Gasteiger partial charge >= 0.3 is 5.97 Å². The summed E-state index contributed by atoms with van der Waals surface area (Å²) in [7, 11) is -3.48. The predicted octanol–water partition coefficient (Wildman–Crippen LogP) is 3.29. The molecular formula is C27H37N3O6S. The van der Waals surface area contributed by atoms with E-state index in [0.29, 0.717) is 50.3 Å². The smallest absolute Gasteiger partial charge is 0.335 e. The summed E-state index contributed by atoms with van der Waals surface area (Å²) in [6, 6.07) is 4.24. The molecule has 0 bridgehead atoms. The maximum Gasteiger partial charge on any atom is 0.335 e. The summed E-state index contributed by atoms with van der Waals surface area (Å²) in [6.07, 6.45) is 3.41. The number of benzene rings is 1. The second kappa shape index (κ2) is 10.2. The number of nitrogens with zero attached hydrogens (tertiary/aromatic N) is 2. The van der Waals surface area contributed by atoms with Crippen LogP contribution >= 0.6 is 0 Å². The summed E-state index contributed by atoms with van der Waals surface area (Å²) in [5.74, 6) is -1.24. The van der Waals surface area contributed by atoms with Crippen molar-refractivity contribution in [3.8, 4) is 0 Å². The van der Waals surface area contributed by atoms with Crippen molar-refractivity contribution in [3.63, 3.8) is 0 Å². The Morgan fingerprint density at radius 1 is 1.24 bits per heavy atom. The van der Waals surface area contributed by atoms with Crippen LogP contribution in [0.5, 0.6) is 0 Å². The van der Waals surface area contributed by atoms with Crippen LogP contribution in [0.3, 0.4) is 0 Å². The van der Waals surface area contributed by atoms with Crippen molar-refractivity contribution >= 4 is 21.7 Å². The molecule has 0 unspecified atom stereocenters. The van der Waals surface area contributed by atoms with Crippen molar-refractivity contribution in [2.75, 3.05) is 25.5 Å². The molecule has 1 spiro atoms. The molecule has 0 atom stereocenters. The maximum absolute atomic E-state index is 13.1. The number of sulfone groups is 1. The first-order valence-electron chi connectivity index (χ1n) is 12.9. The van der Waals surface area contributed by atoms with E-state index in [9.17, 15) is 23.1 Å². The largest absolute Gasteiger partial charge is 0.478 e. The first-order valence-corrected chi connectivity index (χ1v) is 14.6. The molecule has 2 aliphatic heterocycles. The van der Waals surface area contributed by atoms with Crippen molar-refractivity contribution in [3.05, 3.63) is 46.3 Å². The van der Waals surface area contributed by atoms with Crippen molar-refractivity contribution in [1.82, 2.24) is 15.1 Å². The highest BCUT2D eigenvalue weighted by molar-refractivity contribution is 7.91. The zero-order chi connectivity index (χ0) is 27.0. The van der Waals surface area contributed by atoms with Gasteiger partial charge in [-0.25, -0.2) is 13.2 Å². The Morgan fingerprint density at radius 2 is 1.95 bits per heavy atom. The van der Waals surface area contributed by atoms with E-state index in [1.807, 2.05) is 25.5 Å². The van der Waals surface area contributed by atoms with Crippen molar-refractivity contribution in [2.45, 2.75) is 71.2 Å². The number of aromatic carboxylic acids is 1. The summed E-state index contributed by atoms with van der Waals surface area (Å²) in [6.45, 7) is 9.98. The van der Waals surface area contributed by atoms with Gasteiger partial charge in [-0.2, -0.15) is 5.10 Å². The number of carboxylic acids is 1. The molecule has 9 nitrogen and oxygen atoms in total. The van der Waals surface area contributed by atoms with E-state index in [2.05, 4.69) is 5.32 Å².